The molecular weight excluding hydrogens is 406 g/mol. The van der Waals surface area contributed by atoms with Crippen LogP contribution in [0, 0.1) is 23.7 Å². The Hall–Kier alpha value is -1.63. The molecule has 1 aliphatic heterocycles. The molecule has 1 N–H and O–H groups in total. The van der Waals surface area contributed by atoms with Crippen molar-refractivity contribution >= 4 is 6.09 Å². The lowest BCUT2D eigenvalue weighted by Crippen LogP contribution is -2.59. The smallest absolute Gasteiger partial charge is 0.410 e. The minimum absolute atomic E-state index is 0.349. The lowest BCUT2D eigenvalue weighted by atomic mass is 9.53. The maximum absolute atomic E-state index is 11.8. The predicted octanol–water partition coefficient (Wildman–Crippen LogP) is 5.67. The van der Waals surface area contributed by atoms with Gasteiger partial charge in [0.1, 0.15) is 5.75 Å². The first-order chi connectivity index (χ1) is 15.6. The number of nitrogens with one attached hydrogen (secondary N) is 1. The minimum Gasteiger partial charge on any atom is -0.410 e. The topological polar surface area (TPSA) is 66.0 Å². The van der Waals surface area contributed by atoms with Gasteiger partial charge in [-0.2, -0.15) is 9.78 Å². The third-order valence-electron chi connectivity index (χ3n) is 8.69. The summed E-state index contributed by atoms with van der Waals surface area (Å²) in [7, 11) is 0. The summed E-state index contributed by atoms with van der Waals surface area (Å²) in [5.41, 5.74) is 1.24. The number of rotatable bonds is 4. The molecule has 7 rings (SSSR count). The lowest BCUT2D eigenvalue weighted by molar-refractivity contribution is -0.390. The maximum Gasteiger partial charge on any atom is 0.412 e. The maximum atomic E-state index is 11.8. The zero-order valence-electron chi connectivity index (χ0n) is 19.0. The first-order valence-electron chi connectivity index (χ1n) is 12.7. The molecule has 0 radical (unpaired) electrons. The van der Waals surface area contributed by atoms with Gasteiger partial charge in [0.05, 0.1) is 0 Å². The number of carbonyl (C=O) groups excluding carboxylic acids is 1. The Labute approximate surface area is 190 Å². The van der Waals surface area contributed by atoms with Crippen molar-refractivity contribution in [1.82, 2.24) is 5.32 Å². The summed E-state index contributed by atoms with van der Waals surface area (Å²) in [5, 5.41) is 2.73. The van der Waals surface area contributed by atoms with Gasteiger partial charge in [0.15, 0.2) is 0 Å². The van der Waals surface area contributed by atoms with E-state index in [0.717, 1.165) is 43.9 Å². The van der Waals surface area contributed by atoms with Crippen LogP contribution in [0.3, 0.4) is 0 Å². The molecule has 6 heteroatoms. The third kappa shape index (κ3) is 3.55. The molecule has 32 heavy (non-hydrogen) atoms. The number of carbonyl (C=O) groups is 1. The van der Waals surface area contributed by atoms with Crippen LogP contribution in [0.2, 0.25) is 0 Å². The zero-order chi connectivity index (χ0) is 21.8. The van der Waals surface area contributed by atoms with Crippen LogP contribution >= 0.6 is 0 Å². The fraction of sp³-hybridized carbons (Fsp3) is 0.731. The Balaban J connectivity index is 1.13. The van der Waals surface area contributed by atoms with Crippen molar-refractivity contribution in [1.29, 1.82) is 0 Å². The highest BCUT2D eigenvalue weighted by Crippen LogP contribution is 2.64. The third-order valence-corrected chi connectivity index (χ3v) is 8.69. The Morgan fingerprint density at radius 2 is 1.78 bits per heavy atom. The number of hydrogen-bond acceptors (Lipinski definition) is 5. The average molecular weight is 442 g/mol. The van der Waals surface area contributed by atoms with Gasteiger partial charge >= 0.3 is 6.09 Å². The highest BCUT2D eigenvalue weighted by atomic mass is 17.3. The standard InChI is InChI=1S/C26H35NO5/c1-2-10-27-24(28)29-23-7-5-19(6-8-23)20-4-3-9-25(16-20)30-26(32-31-25)21-12-17-11-18(14-21)15-22(26)13-17/h5-8,17-18,20-22H,2-4,9-16H2,1H3,(H,27,28)/t17?,18?,20-,21?,22?,25-,26?/m1/s1. The van der Waals surface area contributed by atoms with Crippen LogP contribution in [0.5, 0.6) is 5.75 Å². The first kappa shape index (κ1) is 20.9. The van der Waals surface area contributed by atoms with E-state index in [-0.39, 0.29) is 0 Å². The number of benzene rings is 1. The van der Waals surface area contributed by atoms with Crippen LogP contribution in [-0.2, 0) is 14.5 Å². The second-order valence-electron chi connectivity index (χ2n) is 10.9. The van der Waals surface area contributed by atoms with E-state index in [4.69, 9.17) is 19.2 Å². The molecule has 1 aromatic rings. The van der Waals surface area contributed by atoms with Crippen LogP contribution < -0.4 is 10.1 Å². The van der Waals surface area contributed by atoms with E-state index in [1.165, 1.54) is 37.7 Å². The molecule has 6 fully saturated rings. The highest BCUT2D eigenvalue weighted by molar-refractivity contribution is 5.70. The quantitative estimate of drug-likeness (QED) is 0.610. The molecule has 5 saturated carbocycles. The number of ether oxygens (including phenoxy) is 2. The Kier molecular flexibility index (Phi) is 5.23. The monoisotopic (exact) mass is 441 g/mol. The number of hydrogen-bond donors (Lipinski definition) is 1. The van der Waals surface area contributed by atoms with E-state index < -0.39 is 17.7 Å². The Morgan fingerprint density at radius 3 is 2.47 bits per heavy atom. The van der Waals surface area contributed by atoms with Crippen LogP contribution in [0.15, 0.2) is 24.3 Å². The zero-order valence-corrected chi connectivity index (χ0v) is 19.0. The molecule has 5 aliphatic carbocycles. The largest absolute Gasteiger partial charge is 0.412 e. The average Bonchev–Trinajstić information content (AvgIpc) is 3.15. The fourth-order valence-electron chi connectivity index (χ4n) is 7.44. The normalized spacial score (nSPS) is 42.0. The molecule has 174 valence electrons. The van der Waals surface area contributed by atoms with E-state index in [2.05, 4.69) is 17.4 Å². The van der Waals surface area contributed by atoms with Gasteiger partial charge in [-0.1, -0.05) is 19.1 Å². The van der Waals surface area contributed by atoms with Crippen LogP contribution in [0.25, 0.3) is 0 Å². The number of amides is 1. The van der Waals surface area contributed by atoms with E-state index in [9.17, 15) is 4.79 Å². The summed E-state index contributed by atoms with van der Waals surface area (Å²) in [6.07, 6.45) is 10.7. The molecule has 1 aromatic carbocycles. The summed E-state index contributed by atoms with van der Waals surface area (Å²) in [5.74, 6) is 2.53. The van der Waals surface area contributed by atoms with E-state index in [1.807, 2.05) is 19.1 Å². The van der Waals surface area contributed by atoms with Gasteiger partial charge in [0.2, 0.25) is 11.6 Å². The van der Waals surface area contributed by atoms with E-state index >= 15 is 0 Å². The molecular formula is C26H35NO5. The van der Waals surface area contributed by atoms with Crippen molar-refractivity contribution in [2.24, 2.45) is 23.7 Å². The van der Waals surface area contributed by atoms with Crippen molar-refractivity contribution in [3.05, 3.63) is 29.8 Å². The first-order valence-corrected chi connectivity index (χ1v) is 12.7. The summed E-state index contributed by atoms with van der Waals surface area (Å²) >= 11 is 0. The fourth-order valence-corrected chi connectivity index (χ4v) is 7.44. The second kappa shape index (κ2) is 8.00. The van der Waals surface area contributed by atoms with E-state index in [1.54, 1.807) is 0 Å². The Bertz CT molecular complexity index is 826. The molecule has 1 saturated heterocycles. The van der Waals surface area contributed by atoms with Crippen molar-refractivity contribution in [3.8, 4) is 5.75 Å². The molecule has 1 heterocycles. The molecule has 2 spiro atoms. The lowest BCUT2D eigenvalue weighted by Gasteiger charge is -2.57. The van der Waals surface area contributed by atoms with Crippen LogP contribution in [-0.4, -0.2) is 24.2 Å². The SMILES string of the molecule is CCCNC(=O)Oc1ccc([C@@H]2CCC[C@]3(C2)OOC2(O3)C3CC4CC(C3)CC2C4)cc1. The van der Waals surface area contributed by atoms with Crippen molar-refractivity contribution in [2.75, 3.05) is 6.54 Å². The molecule has 6 aliphatic rings. The summed E-state index contributed by atoms with van der Waals surface area (Å²) in [6.45, 7) is 2.63. The van der Waals surface area contributed by atoms with E-state index in [0.29, 0.717) is 30.0 Å². The predicted molar refractivity (Wildman–Crippen MR) is 118 cm³/mol. The highest BCUT2D eigenvalue weighted by Gasteiger charge is 2.67. The van der Waals surface area contributed by atoms with Crippen molar-refractivity contribution in [2.45, 2.75) is 88.6 Å². The molecule has 6 nitrogen and oxygen atoms in total. The summed E-state index contributed by atoms with van der Waals surface area (Å²) in [6, 6.07) is 7.91. The van der Waals surface area contributed by atoms with Crippen molar-refractivity contribution in [3.63, 3.8) is 0 Å². The van der Waals surface area contributed by atoms with Gasteiger partial charge in [-0.05, 0) is 86.8 Å². The van der Waals surface area contributed by atoms with Gasteiger partial charge in [-0.3, -0.25) is 0 Å². The summed E-state index contributed by atoms with van der Waals surface area (Å²) < 4.78 is 12.3. The van der Waals surface area contributed by atoms with Gasteiger partial charge in [0, 0.05) is 31.2 Å². The summed E-state index contributed by atoms with van der Waals surface area (Å²) in [4.78, 5) is 24.1. The Morgan fingerprint density at radius 1 is 1.06 bits per heavy atom. The van der Waals surface area contributed by atoms with Gasteiger partial charge < -0.3 is 14.8 Å². The molecule has 0 aromatic heterocycles. The van der Waals surface area contributed by atoms with Crippen LogP contribution in [0.4, 0.5) is 4.79 Å². The van der Waals surface area contributed by atoms with Gasteiger partial charge in [0.25, 0.3) is 0 Å². The van der Waals surface area contributed by atoms with Crippen LogP contribution in [0.1, 0.15) is 82.6 Å². The molecule has 4 bridgehead atoms. The molecule has 2 atom stereocenters. The van der Waals surface area contributed by atoms with Gasteiger partial charge in [-0.25, -0.2) is 4.79 Å². The van der Waals surface area contributed by atoms with Gasteiger partial charge in [-0.15, -0.1) is 0 Å². The van der Waals surface area contributed by atoms with Crippen molar-refractivity contribution < 1.29 is 24.0 Å². The minimum atomic E-state index is -0.618. The second-order valence-corrected chi connectivity index (χ2v) is 10.9. The molecule has 1 amide bonds. The molecule has 0 unspecified atom stereocenters.